The predicted molar refractivity (Wildman–Crippen MR) is 86.6 cm³/mol. The first-order valence-electron chi connectivity index (χ1n) is 6.82. The minimum atomic E-state index is 0.850. The summed E-state index contributed by atoms with van der Waals surface area (Å²) in [6, 6.07) is 2.14. The van der Waals surface area contributed by atoms with E-state index in [-0.39, 0.29) is 0 Å². The van der Waals surface area contributed by atoms with Gasteiger partial charge in [-0.2, -0.15) is 0 Å². The lowest BCUT2D eigenvalue weighted by molar-refractivity contribution is 0.670. The summed E-state index contributed by atoms with van der Waals surface area (Å²) in [5.74, 6) is 1.05. The molecule has 0 aliphatic carbocycles. The summed E-state index contributed by atoms with van der Waals surface area (Å²) in [6.07, 6.45) is 3.00. The zero-order valence-corrected chi connectivity index (χ0v) is 13.8. The highest BCUT2D eigenvalue weighted by Crippen LogP contribution is 2.22. The van der Waals surface area contributed by atoms with Crippen LogP contribution in [-0.2, 0) is 6.54 Å². The Balaban J connectivity index is 2.92. The van der Waals surface area contributed by atoms with Crippen LogP contribution in [0, 0.1) is 0 Å². The van der Waals surface area contributed by atoms with Crippen LogP contribution in [0.1, 0.15) is 32.8 Å². The molecule has 0 amide bonds. The van der Waals surface area contributed by atoms with Crippen molar-refractivity contribution in [2.75, 3.05) is 24.5 Å². The van der Waals surface area contributed by atoms with Gasteiger partial charge in [0.1, 0.15) is 5.82 Å². The molecular weight excluding hydrogens is 302 g/mol. The fourth-order valence-electron chi connectivity index (χ4n) is 1.95. The molecule has 0 atom stereocenters. The number of hydrogen-bond acceptors (Lipinski definition) is 3. The maximum absolute atomic E-state index is 4.58. The Bertz CT molecular complexity index is 418. The molecule has 1 rings (SSSR count). The van der Waals surface area contributed by atoms with Crippen LogP contribution in [0.4, 0.5) is 5.82 Å². The summed E-state index contributed by atoms with van der Waals surface area (Å²) in [5, 5.41) is 3.44. The Labute approximate surface area is 125 Å². The SMILES string of the molecule is C=C(C)CN(CC)c1ncc(Br)cc1CNCCC. The van der Waals surface area contributed by atoms with E-state index in [1.54, 1.807) is 0 Å². The van der Waals surface area contributed by atoms with Crippen molar-refractivity contribution < 1.29 is 0 Å². The second-order valence-electron chi connectivity index (χ2n) is 4.78. The summed E-state index contributed by atoms with van der Waals surface area (Å²) in [6.45, 7) is 14.0. The number of nitrogens with one attached hydrogen (secondary N) is 1. The molecule has 106 valence electrons. The van der Waals surface area contributed by atoms with Crippen molar-refractivity contribution in [1.29, 1.82) is 0 Å². The highest BCUT2D eigenvalue weighted by molar-refractivity contribution is 9.10. The van der Waals surface area contributed by atoms with Crippen LogP contribution >= 0.6 is 15.9 Å². The maximum Gasteiger partial charge on any atom is 0.133 e. The van der Waals surface area contributed by atoms with Crippen molar-refractivity contribution in [3.63, 3.8) is 0 Å². The van der Waals surface area contributed by atoms with E-state index in [9.17, 15) is 0 Å². The standard InChI is InChI=1S/C15H24BrN3/c1-5-7-17-9-13-8-14(16)10-18-15(13)19(6-2)11-12(3)4/h8,10,17H,3,5-7,9,11H2,1-2,4H3. The molecule has 3 nitrogen and oxygen atoms in total. The number of likely N-dealkylation sites (N-methyl/N-ethyl adjacent to an activating group) is 1. The van der Waals surface area contributed by atoms with Crippen LogP contribution in [-0.4, -0.2) is 24.6 Å². The van der Waals surface area contributed by atoms with Crippen molar-refractivity contribution >= 4 is 21.7 Å². The van der Waals surface area contributed by atoms with Gasteiger partial charge in [-0.1, -0.05) is 19.1 Å². The van der Waals surface area contributed by atoms with Crippen molar-refractivity contribution in [3.05, 3.63) is 34.5 Å². The second kappa shape index (κ2) is 8.33. The number of nitrogens with zero attached hydrogens (tertiary/aromatic N) is 2. The molecule has 1 aromatic heterocycles. The van der Waals surface area contributed by atoms with Gasteiger partial charge in [0.2, 0.25) is 0 Å². The molecule has 1 aromatic rings. The fraction of sp³-hybridized carbons (Fsp3) is 0.533. The monoisotopic (exact) mass is 325 g/mol. The van der Waals surface area contributed by atoms with Crippen molar-refractivity contribution in [2.24, 2.45) is 0 Å². The Morgan fingerprint density at radius 3 is 2.79 bits per heavy atom. The van der Waals surface area contributed by atoms with E-state index >= 15 is 0 Å². The molecule has 0 aliphatic rings. The quantitative estimate of drug-likeness (QED) is 0.583. The largest absolute Gasteiger partial charge is 0.353 e. The van der Waals surface area contributed by atoms with E-state index in [0.717, 1.165) is 48.5 Å². The third kappa shape index (κ3) is 5.33. The number of rotatable bonds is 8. The molecule has 0 unspecified atom stereocenters. The molecule has 0 fully saturated rings. The fourth-order valence-corrected chi connectivity index (χ4v) is 2.33. The van der Waals surface area contributed by atoms with Gasteiger partial charge < -0.3 is 10.2 Å². The van der Waals surface area contributed by atoms with Gasteiger partial charge in [-0.25, -0.2) is 4.98 Å². The summed E-state index contributed by atoms with van der Waals surface area (Å²) in [5.41, 5.74) is 2.38. The third-order valence-electron chi connectivity index (χ3n) is 2.79. The molecule has 0 bridgehead atoms. The van der Waals surface area contributed by atoms with Gasteiger partial charge in [-0.3, -0.25) is 0 Å². The first-order valence-corrected chi connectivity index (χ1v) is 7.62. The molecule has 0 spiro atoms. The smallest absolute Gasteiger partial charge is 0.133 e. The Morgan fingerprint density at radius 2 is 2.21 bits per heavy atom. The van der Waals surface area contributed by atoms with E-state index in [1.165, 1.54) is 5.56 Å². The van der Waals surface area contributed by atoms with Crippen molar-refractivity contribution in [3.8, 4) is 0 Å². The Morgan fingerprint density at radius 1 is 1.47 bits per heavy atom. The van der Waals surface area contributed by atoms with Gasteiger partial charge in [-0.05, 0) is 48.8 Å². The number of hydrogen-bond donors (Lipinski definition) is 1. The maximum atomic E-state index is 4.58. The number of aromatic nitrogens is 1. The normalized spacial score (nSPS) is 10.5. The molecule has 1 N–H and O–H groups in total. The average Bonchev–Trinajstić information content (AvgIpc) is 2.37. The van der Waals surface area contributed by atoms with Crippen LogP contribution in [0.5, 0.6) is 0 Å². The van der Waals surface area contributed by atoms with Crippen LogP contribution < -0.4 is 10.2 Å². The van der Waals surface area contributed by atoms with E-state index in [1.807, 2.05) is 6.20 Å². The van der Waals surface area contributed by atoms with E-state index in [2.05, 4.69) is 64.5 Å². The molecular formula is C15H24BrN3. The molecule has 0 saturated carbocycles. The van der Waals surface area contributed by atoms with Gasteiger partial charge >= 0.3 is 0 Å². The molecule has 0 saturated heterocycles. The highest BCUT2D eigenvalue weighted by atomic mass is 79.9. The van der Waals surface area contributed by atoms with Gasteiger partial charge in [-0.15, -0.1) is 0 Å². The van der Waals surface area contributed by atoms with Gasteiger partial charge in [0.05, 0.1) is 0 Å². The van der Waals surface area contributed by atoms with Crippen LogP contribution in [0.15, 0.2) is 28.9 Å². The summed E-state index contributed by atoms with van der Waals surface area (Å²) in [7, 11) is 0. The summed E-state index contributed by atoms with van der Waals surface area (Å²) >= 11 is 3.50. The third-order valence-corrected chi connectivity index (χ3v) is 3.23. The molecule has 0 aromatic carbocycles. The van der Waals surface area contributed by atoms with Gasteiger partial charge in [0, 0.05) is 35.9 Å². The Hall–Kier alpha value is -0.870. The van der Waals surface area contributed by atoms with Crippen LogP contribution in [0.2, 0.25) is 0 Å². The first-order chi connectivity index (χ1) is 9.08. The minimum absolute atomic E-state index is 0.850. The van der Waals surface area contributed by atoms with Crippen molar-refractivity contribution in [2.45, 2.75) is 33.7 Å². The molecule has 0 aliphatic heterocycles. The van der Waals surface area contributed by atoms with Gasteiger partial charge in [0.25, 0.3) is 0 Å². The number of halogens is 1. The summed E-state index contributed by atoms with van der Waals surface area (Å²) in [4.78, 5) is 6.84. The van der Waals surface area contributed by atoms with E-state index < -0.39 is 0 Å². The highest BCUT2D eigenvalue weighted by Gasteiger charge is 2.12. The Kier molecular flexibility index (Phi) is 7.10. The lowest BCUT2D eigenvalue weighted by Gasteiger charge is -2.25. The predicted octanol–water partition coefficient (Wildman–Crippen LogP) is 3.75. The lowest BCUT2D eigenvalue weighted by Crippen LogP contribution is -2.28. The topological polar surface area (TPSA) is 28.2 Å². The van der Waals surface area contributed by atoms with Crippen LogP contribution in [0.3, 0.4) is 0 Å². The molecule has 4 heteroatoms. The van der Waals surface area contributed by atoms with Gasteiger partial charge in [0.15, 0.2) is 0 Å². The minimum Gasteiger partial charge on any atom is -0.353 e. The molecule has 1 heterocycles. The van der Waals surface area contributed by atoms with Crippen LogP contribution in [0.25, 0.3) is 0 Å². The first kappa shape index (κ1) is 16.2. The average molecular weight is 326 g/mol. The van der Waals surface area contributed by atoms with E-state index in [4.69, 9.17) is 0 Å². The molecule has 0 radical (unpaired) electrons. The van der Waals surface area contributed by atoms with E-state index in [0.29, 0.717) is 0 Å². The summed E-state index contributed by atoms with van der Waals surface area (Å²) < 4.78 is 1.02. The molecule has 19 heavy (non-hydrogen) atoms. The number of pyridine rings is 1. The number of anilines is 1. The second-order valence-corrected chi connectivity index (χ2v) is 5.70. The zero-order chi connectivity index (χ0) is 14.3. The van der Waals surface area contributed by atoms with Crippen molar-refractivity contribution in [1.82, 2.24) is 10.3 Å². The lowest BCUT2D eigenvalue weighted by atomic mass is 10.2. The zero-order valence-electron chi connectivity index (χ0n) is 12.2.